The van der Waals surface area contributed by atoms with Crippen LogP contribution in [0, 0.1) is 6.92 Å². The standard InChI is InChI=1S/C21H22N6O/c1-15-4-6-18(7-5-15)21-25-24-20(28-21)12-26(3)16(2)17-8-10-19(11-9-17)27-14-22-13-23-27/h4-11,13-14,16H,12H2,1-3H3/t16-/m1/s1. The molecule has 28 heavy (non-hydrogen) atoms. The van der Waals surface area contributed by atoms with Crippen molar-refractivity contribution in [2.24, 2.45) is 0 Å². The molecule has 0 amide bonds. The summed E-state index contributed by atoms with van der Waals surface area (Å²) >= 11 is 0. The number of rotatable bonds is 6. The van der Waals surface area contributed by atoms with Crippen LogP contribution in [0.1, 0.15) is 30.0 Å². The Kier molecular flexibility index (Phi) is 4.99. The zero-order valence-electron chi connectivity index (χ0n) is 16.1. The first kappa shape index (κ1) is 18.1. The number of aryl methyl sites for hydroxylation is 1. The van der Waals surface area contributed by atoms with Gasteiger partial charge in [-0.25, -0.2) is 9.67 Å². The summed E-state index contributed by atoms with van der Waals surface area (Å²) in [5.41, 5.74) is 4.32. The minimum absolute atomic E-state index is 0.194. The average Bonchev–Trinajstić information content (AvgIpc) is 3.40. The summed E-state index contributed by atoms with van der Waals surface area (Å²) in [5.74, 6) is 1.15. The molecule has 0 aliphatic rings. The fourth-order valence-electron chi connectivity index (χ4n) is 2.98. The van der Waals surface area contributed by atoms with E-state index in [9.17, 15) is 0 Å². The molecular weight excluding hydrogens is 352 g/mol. The highest BCUT2D eigenvalue weighted by molar-refractivity contribution is 5.52. The van der Waals surface area contributed by atoms with Gasteiger partial charge in [0, 0.05) is 11.6 Å². The largest absolute Gasteiger partial charge is 0.419 e. The van der Waals surface area contributed by atoms with E-state index >= 15 is 0 Å². The minimum atomic E-state index is 0.194. The number of aromatic nitrogens is 5. The smallest absolute Gasteiger partial charge is 0.247 e. The van der Waals surface area contributed by atoms with Gasteiger partial charge in [0.2, 0.25) is 11.8 Å². The lowest BCUT2D eigenvalue weighted by molar-refractivity contribution is 0.228. The second-order valence-electron chi connectivity index (χ2n) is 6.89. The molecule has 2 aromatic heterocycles. The Balaban J connectivity index is 1.43. The molecule has 0 bridgehead atoms. The first-order chi connectivity index (χ1) is 13.6. The summed E-state index contributed by atoms with van der Waals surface area (Å²) in [6.07, 6.45) is 3.21. The molecule has 4 rings (SSSR count). The highest BCUT2D eigenvalue weighted by atomic mass is 16.4. The molecule has 0 unspecified atom stereocenters. The zero-order valence-corrected chi connectivity index (χ0v) is 16.1. The number of benzene rings is 2. The van der Waals surface area contributed by atoms with Crippen molar-refractivity contribution in [3.8, 4) is 17.1 Å². The summed E-state index contributed by atoms with van der Waals surface area (Å²) in [4.78, 5) is 6.16. The van der Waals surface area contributed by atoms with Gasteiger partial charge in [-0.3, -0.25) is 4.90 Å². The predicted octanol–water partition coefficient (Wildman–Crippen LogP) is 3.82. The van der Waals surface area contributed by atoms with Gasteiger partial charge in [0.05, 0.1) is 12.2 Å². The molecule has 7 nitrogen and oxygen atoms in total. The van der Waals surface area contributed by atoms with E-state index in [1.807, 2.05) is 43.4 Å². The van der Waals surface area contributed by atoms with E-state index in [1.165, 1.54) is 17.5 Å². The maximum Gasteiger partial charge on any atom is 0.247 e. The Labute approximate surface area is 163 Å². The molecule has 0 saturated carbocycles. The number of hydrogen-bond acceptors (Lipinski definition) is 6. The highest BCUT2D eigenvalue weighted by Crippen LogP contribution is 2.23. The second kappa shape index (κ2) is 7.74. The molecular formula is C21H22N6O. The minimum Gasteiger partial charge on any atom is -0.419 e. The Morgan fingerprint density at radius 1 is 1.04 bits per heavy atom. The summed E-state index contributed by atoms with van der Waals surface area (Å²) in [5, 5.41) is 12.5. The average molecular weight is 374 g/mol. The van der Waals surface area contributed by atoms with Gasteiger partial charge in [-0.05, 0) is 50.7 Å². The van der Waals surface area contributed by atoms with Crippen molar-refractivity contribution < 1.29 is 4.42 Å². The van der Waals surface area contributed by atoms with E-state index in [-0.39, 0.29) is 6.04 Å². The lowest BCUT2D eigenvalue weighted by Crippen LogP contribution is -2.22. The molecule has 1 atom stereocenters. The van der Waals surface area contributed by atoms with Gasteiger partial charge in [-0.15, -0.1) is 10.2 Å². The van der Waals surface area contributed by atoms with Gasteiger partial charge in [0.1, 0.15) is 12.7 Å². The van der Waals surface area contributed by atoms with Gasteiger partial charge in [0.15, 0.2) is 0 Å². The van der Waals surface area contributed by atoms with Crippen molar-refractivity contribution in [3.05, 3.63) is 78.2 Å². The summed E-state index contributed by atoms with van der Waals surface area (Å²) < 4.78 is 7.59. The normalized spacial score (nSPS) is 12.4. The van der Waals surface area contributed by atoms with Crippen LogP contribution in [-0.4, -0.2) is 36.9 Å². The Morgan fingerprint density at radius 3 is 2.46 bits per heavy atom. The van der Waals surface area contributed by atoms with E-state index in [1.54, 1.807) is 11.0 Å². The van der Waals surface area contributed by atoms with E-state index < -0.39 is 0 Å². The quantitative estimate of drug-likeness (QED) is 0.511. The van der Waals surface area contributed by atoms with Crippen LogP contribution >= 0.6 is 0 Å². The molecule has 2 aromatic carbocycles. The third-order valence-corrected chi connectivity index (χ3v) is 4.87. The van der Waals surface area contributed by atoms with Gasteiger partial charge >= 0.3 is 0 Å². The van der Waals surface area contributed by atoms with Crippen molar-refractivity contribution in [1.82, 2.24) is 29.9 Å². The third-order valence-electron chi connectivity index (χ3n) is 4.87. The van der Waals surface area contributed by atoms with Crippen LogP contribution in [0.15, 0.2) is 65.6 Å². The van der Waals surface area contributed by atoms with Crippen LogP contribution in [0.25, 0.3) is 17.1 Å². The molecule has 0 saturated heterocycles. The van der Waals surface area contributed by atoms with Gasteiger partial charge in [0.25, 0.3) is 0 Å². The molecule has 0 aliphatic carbocycles. The predicted molar refractivity (Wildman–Crippen MR) is 106 cm³/mol. The lowest BCUT2D eigenvalue weighted by atomic mass is 10.1. The first-order valence-corrected chi connectivity index (χ1v) is 9.15. The molecule has 0 aliphatic heterocycles. The second-order valence-corrected chi connectivity index (χ2v) is 6.89. The maximum atomic E-state index is 5.85. The van der Waals surface area contributed by atoms with Crippen molar-refractivity contribution in [2.75, 3.05) is 7.05 Å². The van der Waals surface area contributed by atoms with E-state index in [0.29, 0.717) is 18.3 Å². The van der Waals surface area contributed by atoms with Gasteiger partial charge in [-0.1, -0.05) is 29.8 Å². The number of nitrogens with zero attached hydrogens (tertiary/aromatic N) is 6. The van der Waals surface area contributed by atoms with Gasteiger partial charge < -0.3 is 4.42 Å². The van der Waals surface area contributed by atoms with Gasteiger partial charge in [-0.2, -0.15) is 5.10 Å². The fourth-order valence-corrected chi connectivity index (χ4v) is 2.98. The van der Waals surface area contributed by atoms with Crippen molar-refractivity contribution >= 4 is 0 Å². The van der Waals surface area contributed by atoms with Crippen LogP contribution in [-0.2, 0) is 6.54 Å². The van der Waals surface area contributed by atoms with E-state index in [0.717, 1.165) is 11.3 Å². The molecule has 142 valence electrons. The zero-order chi connectivity index (χ0) is 19.5. The molecule has 0 fully saturated rings. The van der Waals surface area contributed by atoms with Crippen molar-refractivity contribution in [2.45, 2.75) is 26.4 Å². The lowest BCUT2D eigenvalue weighted by Gasteiger charge is -2.23. The van der Waals surface area contributed by atoms with Crippen LogP contribution in [0.5, 0.6) is 0 Å². The van der Waals surface area contributed by atoms with Crippen LogP contribution in [0.4, 0.5) is 0 Å². The Morgan fingerprint density at radius 2 is 1.79 bits per heavy atom. The van der Waals surface area contributed by atoms with Crippen LogP contribution in [0.3, 0.4) is 0 Å². The van der Waals surface area contributed by atoms with Crippen molar-refractivity contribution in [3.63, 3.8) is 0 Å². The monoisotopic (exact) mass is 374 g/mol. The fraction of sp³-hybridized carbons (Fsp3) is 0.238. The topological polar surface area (TPSA) is 72.9 Å². The van der Waals surface area contributed by atoms with E-state index in [2.05, 4.69) is 51.2 Å². The molecule has 7 heteroatoms. The van der Waals surface area contributed by atoms with Crippen LogP contribution < -0.4 is 0 Å². The summed E-state index contributed by atoms with van der Waals surface area (Å²) in [7, 11) is 2.05. The molecule has 4 aromatic rings. The van der Waals surface area contributed by atoms with E-state index in [4.69, 9.17) is 4.42 Å². The maximum absolute atomic E-state index is 5.85. The third kappa shape index (κ3) is 3.84. The summed E-state index contributed by atoms with van der Waals surface area (Å²) in [6, 6.07) is 16.5. The Hall–Kier alpha value is -3.32. The summed E-state index contributed by atoms with van der Waals surface area (Å²) in [6.45, 7) is 4.78. The highest BCUT2D eigenvalue weighted by Gasteiger charge is 2.16. The number of hydrogen-bond donors (Lipinski definition) is 0. The first-order valence-electron chi connectivity index (χ1n) is 9.15. The molecule has 0 spiro atoms. The Bertz CT molecular complexity index is 1020. The van der Waals surface area contributed by atoms with Crippen molar-refractivity contribution in [1.29, 1.82) is 0 Å². The SMILES string of the molecule is Cc1ccc(-c2nnc(CN(C)[C@H](C)c3ccc(-n4cncn4)cc3)o2)cc1. The molecule has 0 radical (unpaired) electrons. The molecule has 0 N–H and O–H groups in total. The van der Waals surface area contributed by atoms with Crippen LogP contribution in [0.2, 0.25) is 0 Å². The molecule has 2 heterocycles.